The van der Waals surface area contributed by atoms with Crippen LogP contribution in [-0.4, -0.2) is 6.04 Å². The van der Waals surface area contributed by atoms with Crippen molar-refractivity contribution in [1.29, 1.82) is 0 Å². The van der Waals surface area contributed by atoms with Crippen LogP contribution in [0.3, 0.4) is 0 Å². The van der Waals surface area contributed by atoms with E-state index in [1.165, 1.54) is 19.3 Å². The fourth-order valence-electron chi connectivity index (χ4n) is 2.10. The van der Waals surface area contributed by atoms with Gasteiger partial charge in [-0.05, 0) is 31.1 Å². The molecule has 0 heterocycles. The Bertz CT molecular complexity index is 181. The lowest BCUT2D eigenvalue weighted by atomic mass is 9.67. The maximum absolute atomic E-state index is 5.71. The molecule has 0 radical (unpaired) electrons. The predicted octanol–water partition coefficient (Wildman–Crippen LogP) is 2.22. The van der Waals surface area contributed by atoms with E-state index in [9.17, 15) is 0 Å². The molecule has 11 heavy (non-hydrogen) atoms. The van der Waals surface area contributed by atoms with Crippen LogP contribution in [0.4, 0.5) is 0 Å². The Hall–Kier alpha value is -0.300. The molecular weight excluding hydrogens is 134 g/mol. The van der Waals surface area contributed by atoms with Crippen molar-refractivity contribution in [3.63, 3.8) is 0 Å². The lowest BCUT2D eigenvalue weighted by Crippen LogP contribution is -2.32. The topological polar surface area (TPSA) is 26.0 Å². The molecule has 1 nitrogen and oxygen atoms in total. The molecule has 0 atom stereocenters. The van der Waals surface area contributed by atoms with Crippen molar-refractivity contribution >= 4 is 0 Å². The molecule has 0 aromatic heterocycles. The van der Waals surface area contributed by atoms with Gasteiger partial charge in [0.15, 0.2) is 0 Å². The van der Waals surface area contributed by atoms with Gasteiger partial charge in [0.2, 0.25) is 0 Å². The summed E-state index contributed by atoms with van der Waals surface area (Å²) in [6.45, 7) is 2.37. The Labute approximate surface area is 68.7 Å². The third kappa shape index (κ3) is 1.34. The van der Waals surface area contributed by atoms with Gasteiger partial charge in [0.1, 0.15) is 0 Å². The summed E-state index contributed by atoms with van der Waals surface area (Å²) in [7, 11) is 0. The summed E-state index contributed by atoms with van der Waals surface area (Å²) >= 11 is 0. The quantitative estimate of drug-likeness (QED) is 0.571. The number of hydrogen-bond acceptors (Lipinski definition) is 1. The van der Waals surface area contributed by atoms with Crippen LogP contribution in [0.15, 0.2) is 11.6 Å². The highest BCUT2D eigenvalue weighted by Crippen LogP contribution is 2.44. The summed E-state index contributed by atoms with van der Waals surface area (Å²) in [5, 5.41) is 0. The molecular formula is C10H17N. The largest absolute Gasteiger partial charge is 0.327 e. The fraction of sp³-hybridized carbons (Fsp3) is 0.800. The normalized spacial score (nSPS) is 34.0. The molecule has 0 spiro atoms. The minimum absolute atomic E-state index is 0.477. The van der Waals surface area contributed by atoms with E-state index < -0.39 is 0 Å². The van der Waals surface area contributed by atoms with E-state index in [1.54, 1.807) is 5.57 Å². The first-order valence-corrected chi connectivity index (χ1v) is 4.64. The van der Waals surface area contributed by atoms with Crippen molar-refractivity contribution in [3.8, 4) is 0 Å². The molecule has 2 fully saturated rings. The monoisotopic (exact) mass is 151 g/mol. The predicted molar refractivity (Wildman–Crippen MR) is 47.3 cm³/mol. The molecule has 2 rings (SSSR count). The first kappa shape index (κ1) is 7.35. The molecule has 0 saturated heterocycles. The molecule has 62 valence electrons. The maximum Gasteiger partial charge on any atom is 0.0113 e. The van der Waals surface area contributed by atoms with E-state index in [0.717, 1.165) is 12.8 Å². The molecule has 2 saturated carbocycles. The van der Waals surface area contributed by atoms with E-state index in [-0.39, 0.29) is 0 Å². The van der Waals surface area contributed by atoms with Crippen LogP contribution in [0.1, 0.15) is 39.0 Å². The van der Waals surface area contributed by atoms with Crippen LogP contribution in [0.25, 0.3) is 0 Å². The van der Waals surface area contributed by atoms with Crippen LogP contribution in [0.5, 0.6) is 0 Å². The highest BCUT2D eigenvalue weighted by Gasteiger charge is 2.31. The summed E-state index contributed by atoms with van der Waals surface area (Å²) in [5.74, 6) is 0. The van der Waals surface area contributed by atoms with Crippen LogP contribution in [0, 0.1) is 5.41 Å². The zero-order valence-electron chi connectivity index (χ0n) is 7.27. The van der Waals surface area contributed by atoms with Crippen molar-refractivity contribution in [2.24, 2.45) is 11.1 Å². The van der Waals surface area contributed by atoms with E-state index in [0.29, 0.717) is 11.5 Å². The summed E-state index contributed by atoms with van der Waals surface area (Å²) in [6.07, 6.45) is 9.02. The second kappa shape index (κ2) is 2.34. The fourth-order valence-corrected chi connectivity index (χ4v) is 2.10. The SMILES string of the molecule is CC1(C=C2CC(N)C2)CCC1. The lowest BCUT2D eigenvalue weighted by Gasteiger charge is -2.38. The number of allylic oxidation sites excluding steroid dienone is 1. The summed E-state index contributed by atoms with van der Waals surface area (Å²) in [6, 6.07) is 0.477. The van der Waals surface area contributed by atoms with Gasteiger partial charge in [-0.3, -0.25) is 0 Å². The summed E-state index contributed by atoms with van der Waals surface area (Å²) in [5.41, 5.74) is 7.88. The molecule has 1 heteroatoms. The van der Waals surface area contributed by atoms with Crippen molar-refractivity contribution < 1.29 is 0 Å². The highest BCUT2D eigenvalue weighted by atomic mass is 14.7. The third-order valence-electron chi connectivity index (χ3n) is 3.10. The second-order valence-electron chi connectivity index (χ2n) is 4.48. The first-order valence-electron chi connectivity index (χ1n) is 4.64. The van der Waals surface area contributed by atoms with Crippen molar-refractivity contribution in [3.05, 3.63) is 11.6 Å². The second-order valence-corrected chi connectivity index (χ2v) is 4.48. The smallest absolute Gasteiger partial charge is 0.0113 e. The zero-order valence-corrected chi connectivity index (χ0v) is 7.27. The molecule has 2 N–H and O–H groups in total. The van der Waals surface area contributed by atoms with E-state index in [2.05, 4.69) is 13.0 Å². The molecule has 0 unspecified atom stereocenters. The Balaban J connectivity index is 1.93. The van der Waals surface area contributed by atoms with Gasteiger partial charge in [-0.25, -0.2) is 0 Å². The summed E-state index contributed by atoms with van der Waals surface area (Å²) in [4.78, 5) is 0. The van der Waals surface area contributed by atoms with Gasteiger partial charge in [0.05, 0.1) is 0 Å². The lowest BCUT2D eigenvalue weighted by molar-refractivity contribution is 0.229. The van der Waals surface area contributed by atoms with Crippen molar-refractivity contribution in [2.75, 3.05) is 0 Å². The third-order valence-corrected chi connectivity index (χ3v) is 3.10. The standard InChI is InChI=1S/C10H17N/c1-10(3-2-4-10)7-8-5-9(11)6-8/h7,9H,2-6,11H2,1H3. The Morgan fingerprint density at radius 1 is 1.45 bits per heavy atom. The number of rotatable bonds is 1. The van der Waals surface area contributed by atoms with Crippen LogP contribution in [0.2, 0.25) is 0 Å². The Kier molecular flexibility index (Phi) is 1.57. The average Bonchev–Trinajstić information content (AvgIpc) is 1.81. The Morgan fingerprint density at radius 3 is 2.45 bits per heavy atom. The van der Waals surface area contributed by atoms with Gasteiger partial charge < -0.3 is 5.73 Å². The van der Waals surface area contributed by atoms with Gasteiger partial charge in [-0.1, -0.05) is 25.0 Å². The number of nitrogens with two attached hydrogens (primary N) is 1. The van der Waals surface area contributed by atoms with Gasteiger partial charge in [-0.2, -0.15) is 0 Å². The first-order chi connectivity index (χ1) is 5.18. The molecule has 0 amide bonds. The highest BCUT2D eigenvalue weighted by molar-refractivity contribution is 5.20. The van der Waals surface area contributed by atoms with Crippen LogP contribution < -0.4 is 5.73 Å². The number of hydrogen-bond donors (Lipinski definition) is 1. The molecule has 2 aliphatic carbocycles. The molecule has 0 aliphatic heterocycles. The van der Waals surface area contributed by atoms with Crippen molar-refractivity contribution in [1.82, 2.24) is 0 Å². The van der Waals surface area contributed by atoms with Crippen LogP contribution in [-0.2, 0) is 0 Å². The van der Waals surface area contributed by atoms with Crippen molar-refractivity contribution in [2.45, 2.75) is 45.1 Å². The van der Waals surface area contributed by atoms with E-state index >= 15 is 0 Å². The van der Waals surface area contributed by atoms with E-state index in [4.69, 9.17) is 5.73 Å². The molecule has 2 aliphatic rings. The summed E-state index contributed by atoms with van der Waals surface area (Å²) < 4.78 is 0. The van der Waals surface area contributed by atoms with Gasteiger partial charge >= 0.3 is 0 Å². The Morgan fingerprint density at radius 2 is 2.09 bits per heavy atom. The minimum Gasteiger partial charge on any atom is -0.327 e. The van der Waals surface area contributed by atoms with Gasteiger partial charge in [-0.15, -0.1) is 0 Å². The average molecular weight is 151 g/mol. The molecule has 0 aromatic carbocycles. The minimum atomic E-state index is 0.477. The molecule has 0 aromatic rings. The maximum atomic E-state index is 5.71. The van der Waals surface area contributed by atoms with Gasteiger partial charge in [0, 0.05) is 6.04 Å². The van der Waals surface area contributed by atoms with Crippen LogP contribution >= 0.6 is 0 Å². The van der Waals surface area contributed by atoms with E-state index in [1.807, 2.05) is 0 Å². The van der Waals surface area contributed by atoms with Gasteiger partial charge in [0.25, 0.3) is 0 Å². The molecule has 0 bridgehead atoms. The zero-order chi connectivity index (χ0) is 7.90.